The second kappa shape index (κ2) is 6.81. The molecule has 1 fully saturated rings. The number of carbonyl (C=O) groups is 1. The summed E-state index contributed by atoms with van der Waals surface area (Å²) in [5.41, 5.74) is 2.06. The highest BCUT2D eigenvalue weighted by Gasteiger charge is 2.15. The van der Waals surface area contributed by atoms with E-state index in [1.165, 1.54) is 24.2 Å². The lowest BCUT2D eigenvalue weighted by Gasteiger charge is -2.10. The van der Waals surface area contributed by atoms with Crippen LogP contribution >= 0.6 is 11.8 Å². The highest BCUT2D eigenvalue weighted by molar-refractivity contribution is 8.00. The molecule has 1 atom stereocenters. The van der Waals surface area contributed by atoms with Gasteiger partial charge in [0, 0.05) is 17.5 Å². The molecule has 0 radical (unpaired) electrons. The molecule has 1 amide bonds. The van der Waals surface area contributed by atoms with E-state index in [4.69, 9.17) is 0 Å². The van der Waals surface area contributed by atoms with Crippen molar-refractivity contribution in [1.82, 2.24) is 5.32 Å². The lowest BCUT2D eigenvalue weighted by Crippen LogP contribution is -2.32. The monoisotopic (exact) mass is 264 g/mol. The first-order valence-electron chi connectivity index (χ1n) is 6.43. The van der Waals surface area contributed by atoms with E-state index < -0.39 is 0 Å². The summed E-state index contributed by atoms with van der Waals surface area (Å²) in [7, 11) is 0. The van der Waals surface area contributed by atoms with E-state index >= 15 is 0 Å². The number of hydrogen-bond donors (Lipinski definition) is 2. The van der Waals surface area contributed by atoms with Crippen LogP contribution in [0, 0.1) is 6.92 Å². The lowest BCUT2D eigenvalue weighted by atomic mass is 10.2. The second-order valence-corrected chi connectivity index (χ2v) is 6.09. The summed E-state index contributed by atoms with van der Waals surface area (Å²) in [6.07, 6.45) is 2.59. The van der Waals surface area contributed by atoms with Gasteiger partial charge in [0.25, 0.3) is 0 Å². The number of hydrogen-bond acceptors (Lipinski definition) is 3. The SMILES string of the molecule is Cc1ccc(NC(=O)CNCC2CCCS2)cc1. The highest BCUT2D eigenvalue weighted by atomic mass is 32.2. The molecule has 1 aromatic carbocycles. The van der Waals surface area contributed by atoms with Crippen molar-refractivity contribution in [3.05, 3.63) is 29.8 Å². The summed E-state index contributed by atoms with van der Waals surface area (Å²) in [5.74, 6) is 1.30. The lowest BCUT2D eigenvalue weighted by molar-refractivity contribution is -0.115. The Hall–Kier alpha value is -1.00. The fourth-order valence-corrected chi connectivity index (χ4v) is 3.23. The van der Waals surface area contributed by atoms with E-state index in [9.17, 15) is 4.79 Å². The molecule has 1 saturated heterocycles. The molecule has 0 saturated carbocycles. The normalized spacial score (nSPS) is 18.8. The fraction of sp³-hybridized carbons (Fsp3) is 0.500. The number of aryl methyl sites for hydroxylation is 1. The molecule has 4 heteroatoms. The van der Waals surface area contributed by atoms with Crippen LogP contribution in [0.15, 0.2) is 24.3 Å². The smallest absolute Gasteiger partial charge is 0.238 e. The number of carbonyl (C=O) groups excluding carboxylic acids is 1. The zero-order valence-electron chi connectivity index (χ0n) is 10.7. The zero-order valence-corrected chi connectivity index (χ0v) is 11.6. The number of nitrogens with one attached hydrogen (secondary N) is 2. The average molecular weight is 264 g/mol. The molecule has 2 N–H and O–H groups in total. The van der Waals surface area contributed by atoms with E-state index in [1.807, 2.05) is 43.0 Å². The molecular formula is C14H20N2OS. The van der Waals surface area contributed by atoms with E-state index in [0.29, 0.717) is 11.8 Å². The maximum atomic E-state index is 11.7. The molecule has 1 unspecified atom stereocenters. The van der Waals surface area contributed by atoms with Crippen LogP contribution in [0.2, 0.25) is 0 Å². The van der Waals surface area contributed by atoms with Crippen molar-refractivity contribution in [1.29, 1.82) is 0 Å². The van der Waals surface area contributed by atoms with Gasteiger partial charge in [-0.1, -0.05) is 17.7 Å². The Bertz CT molecular complexity index is 385. The van der Waals surface area contributed by atoms with Crippen LogP contribution in [0.1, 0.15) is 18.4 Å². The van der Waals surface area contributed by atoms with E-state index in [1.54, 1.807) is 0 Å². The molecule has 1 aliphatic heterocycles. The van der Waals surface area contributed by atoms with Crippen LogP contribution in [0.5, 0.6) is 0 Å². The number of rotatable bonds is 5. The molecular weight excluding hydrogens is 244 g/mol. The van der Waals surface area contributed by atoms with Crippen LogP contribution < -0.4 is 10.6 Å². The summed E-state index contributed by atoms with van der Waals surface area (Å²) in [5, 5.41) is 6.80. The minimum Gasteiger partial charge on any atom is -0.325 e. The second-order valence-electron chi connectivity index (χ2n) is 4.68. The third kappa shape index (κ3) is 4.35. The van der Waals surface area contributed by atoms with E-state index in [-0.39, 0.29) is 5.91 Å². The Morgan fingerprint density at radius 2 is 2.17 bits per heavy atom. The summed E-state index contributed by atoms with van der Waals surface area (Å²) in [4.78, 5) is 11.7. The molecule has 0 bridgehead atoms. The summed E-state index contributed by atoms with van der Waals surface area (Å²) in [6.45, 7) is 3.36. The van der Waals surface area contributed by atoms with Gasteiger partial charge in [-0.2, -0.15) is 11.8 Å². The minimum atomic E-state index is 0.0295. The number of amides is 1. The van der Waals surface area contributed by atoms with Crippen LogP contribution in [0.3, 0.4) is 0 Å². The molecule has 3 nitrogen and oxygen atoms in total. The van der Waals surface area contributed by atoms with Gasteiger partial charge in [0.1, 0.15) is 0 Å². The molecule has 1 aromatic rings. The van der Waals surface area contributed by atoms with Crippen LogP contribution in [-0.2, 0) is 4.79 Å². The third-order valence-corrected chi connectivity index (χ3v) is 4.42. The number of thioether (sulfide) groups is 1. The molecule has 0 spiro atoms. The molecule has 1 aliphatic rings. The Morgan fingerprint density at radius 3 is 2.83 bits per heavy atom. The topological polar surface area (TPSA) is 41.1 Å². The first-order valence-corrected chi connectivity index (χ1v) is 7.48. The van der Waals surface area contributed by atoms with Crippen molar-refractivity contribution in [3.63, 3.8) is 0 Å². The predicted octanol–water partition coefficient (Wildman–Crippen LogP) is 2.42. The number of anilines is 1. The van der Waals surface area contributed by atoms with Crippen molar-refractivity contribution in [3.8, 4) is 0 Å². The summed E-state index contributed by atoms with van der Waals surface area (Å²) in [6, 6.07) is 7.86. The van der Waals surface area contributed by atoms with Gasteiger partial charge in [-0.25, -0.2) is 0 Å². The molecule has 1 heterocycles. The van der Waals surface area contributed by atoms with Gasteiger partial charge >= 0.3 is 0 Å². The van der Waals surface area contributed by atoms with Crippen LogP contribution in [0.4, 0.5) is 5.69 Å². The maximum Gasteiger partial charge on any atom is 0.238 e. The Kier molecular flexibility index (Phi) is 5.08. The summed E-state index contributed by atoms with van der Waals surface area (Å²) >= 11 is 2.01. The van der Waals surface area contributed by atoms with Gasteiger partial charge < -0.3 is 10.6 Å². The molecule has 0 aromatic heterocycles. The van der Waals surface area contributed by atoms with Crippen molar-refractivity contribution in [2.24, 2.45) is 0 Å². The van der Waals surface area contributed by atoms with Gasteiger partial charge in [-0.05, 0) is 37.7 Å². The average Bonchev–Trinajstić information content (AvgIpc) is 2.85. The first kappa shape index (κ1) is 13.4. The van der Waals surface area contributed by atoms with Crippen molar-refractivity contribution < 1.29 is 4.79 Å². The van der Waals surface area contributed by atoms with Gasteiger partial charge in [0.15, 0.2) is 0 Å². The van der Waals surface area contributed by atoms with Crippen LogP contribution in [-0.4, -0.2) is 30.0 Å². The molecule has 0 aliphatic carbocycles. The zero-order chi connectivity index (χ0) is 12.8. The molecule has 2 rings (SSSR count). The van der Waals surface area contributed by atoms with Crippen molar-refractivity contribution in [2.45, 2.75) is 25.0 Å². The Labute approximate surface area is 113 Å². The fourth-order valence-electron chi connectivity index (χ4n) is 1.99. The Morgan fingerprint density at radius 1 is 1.39 bits per heavy atom. The molecule has 18 heavy (non-hydrogen) atoms. The Balaban J connectivity index is 1.66. The highest BCUT2D eigenvalue weighted by Crippen LogP contribution is 2.25. The predicted molar refractivity (Wildman–Crippen MR) is 78.2 cm³/mol. The number of benzene rings is 1. The van der Waals surface area contributed by atoms with Crippen molar-refractivity contribution in [2.75, 3.05) is 24.2 Å². The van der Waals surface area contributed by atoms with Gasteiger partial charge in [-0.3, -0.25) is 4.79 Å². The van der Waals surface area contributed by atoms with E-state index in [0.717, 1.165) is 12.2 Å². The van der Waals surface area contributed by atoms with Crippen molar-refractivity contribution >= 4 is 23.4 Å². The van der Waals surface area contributed by atoms with Gasteiger partial charge in [0.2, 0.25) is 5.91 Å². The quantitative estimate of drug-likeness (QED) is 0.858. The first-order chi connectivity index (χ1) is 8.74. The minimum absolute atomic E-state index is 0.0295. The standard InChI is InChI=1S/C14H20N2OS/c1-11-4-6-12(7-5-11)16-14(17)10-15-9-13-3-2-8-18-13/h4-7,13,15H,2-3,8-10H2,1H3,(H,16,17). The van der Waals surface area contributed by atoms with Crippen LogP contribution in [0.25, 0.3) is 0 Å². The maximum absolute atomic E-state index is 11.7. The summed E-state index contributed by atoms with van der Waals surface area (Å²) < 4.78 is 0. The molecule has 98 valence electrons. The van der Waals surface area contributed by atoms with E-state index in [2.05, 4.69) is 10.6 Å². The third-order valence-electron chi connectivity index (χ3n) is 3.02. The largest absolute Gasteiger partial charge is 0.325 e. The van der Waals surface area contributed by atoms with Gasteiger partial charge in [0.05, 0.1) is 6.54 Å². The van der Waals surface area contributed by atoms with Gasteiger partial charge in [-0.15, -0.1) is 0 Å².